The average molecular weight is 494 g/mol. The van der Waals surface area contributed by atoms with E-state index in [2.05, 4.69) is 20.9 Å². The van der Waals surface area contributed by atoms with E-state index in [1.807, 2.05) is 0 Å². The first-order chi connectivity index (χ1) is 16.5. The van der Waals surface area contributed by atoms with Gasteiger partial charge in [-0.15, -0.1) is 0 Å². The molecule has 184 valence electrons. The smallest absolute Gasteiger partial charge is 0.370 e. The molecule has 3 aromatic rings. The Hall–Kier alpha value is -3.76. The molecule has 0 atom stereocenters. The fraction of sp³-hybridized carbons (Fsp3) is 0.250. The van der Waals surface area contributed by atoms with Crippen LogP contribution in [-0.2, 0) is 12.4 Å². The number of urea groups is 1. The first-order valence-corrected chi connectivity index (χ1v) is 10.7. The maximum absolute atomic E-state index is 13.8. The van der Waals surface area contributed by atoms with Crippen molar-refractivity contribution in [2.75, 3.05) is 22.5 Å². The van der Waals surface area contributed by atoms with Crippen molar-refractivity contribution in [2.45, 2.75) is 25.2 Å². The van der Waals surface area contributed by atoms with Crippen molar-refractivity contribution in [3.05, 3.63) is 71.9 Å². The maximum Gasteiger partial charge on any atom is 0.417 e. The molecule has 4 rings (SSSR count). The number of pyridine rings is 1. The van der Waals surface area contributed by atoms with Gasteiger partial charge in [-0.05, 0) is 78.4 Å². The summed E-state index contributed by atoms with van der Waals surface area (Å²) < 4.78 is 79.5. The van der Waals surface area contributed by atoms with Crippen LogP contribution in [0, 0.1) is 5.92 Å². The number of benzene rings is 2. The van der Waals surface area contributed by atoms with Crippen molar-refractivity contribution in [3.8, 4) is 11.1 Å². The summed E-state index contributed by atoms with van der Waals surface area (Å²) in [5.41, 5.74) is -1.70. The third kappa shape index (κ3) is 6.43. The number of nitrogens with one attached hydrogen (secondary N) is 3. The maximum atomic E-state index is 13.8. The lowest BCUT2D eigenvalue weighted by Gasteiger charge is -2.16. The Labute approximate surface area is 196 Å². The van der Waals surface area contributed by atoms with Crippen LogP contribution in [0.1, 0.15) is 24.0 Å². The second-order valence-electron chi connectivity index (χ2n) is 8.17. The van der Waals surface area contributed by atoms with Crippen LogP contribution < -0.4 is 16.0 Å². The summed E-state index contributed by atoms with van der Waals surface area (Å²) in [6, 6.07) is 9.14. The van der Waals surface area contributed by atoms with Crippen LogP contribution in [-0.4, -0.2) is 17.6 Å². The summed E-state index contributed by atoms with van der Waals surface area (Å²) in [5.74, 6) is 1.03. The number of carbonyl (C=O) groups is 1. The van der Waals surface area contributed by atoms with Crippen molar-refractivity contribution in [3.63, 3.8) is 0 Å². The molecule has 11 heteroatoms. The van der Waals surface area contributed by atoms with Gasteiger partial charge in [0.1, 0.15) is 5.82 Å². The molecule has 1 fully saturated rings. The summed E-state index contributed by atoms with van der Waals surface area (Å²) in [7, 11) is 0. The van der Waals surface area contributed by atoms with Gasteiger partial charge in [0.05, 0.1) is 11.1 Å². The molecule has 0 saturated heterocycles. The average Bonchev–Trinajstić information content (AvgIpc) is 3.62. The molecule has 5 nitrogen and oxygen atoms in total. The lowest BCUT2D eigenvalue weighted by Crippen LogP contribution is -2.20. The highest BCUT2D eigenvalue weighted by atomic mass is 19.4. The highest BCUT2D eigenvalue weighted by molar-refractivity contribution is 6.00. The Balaban J connectivity index is 1.51. The minimum atomic E-state index is -4.71. The van der Waals surface area contributed by atoms with Gasteiger partial charge in [-0.3, -0.25) is 0 Å². The second kappa shape index (κ2) is 9.47. The largest absolute Gasteiger partial charge is 0.417 e. The molecule has 1 heterocycles. The van der Waals surface area contributed by atoms with Gasteiger partial charge in [0.25, 0.3) is 0 Å². The topological polar surface area (TPSA) is 66.0 Å². The van der Waals surface area contributed by atoms with Gasteiger partial charge in [-0.1, -0.05) is 6.07 Å². The molecule has 0 unspecified atom stereocenters. The Kier molecular flexibility index (Phi) is 6.60. The van der Waals surface area contributed by atoms with Crippen LogP contribution in [0.15, 0.2) is 60.8 Å². The van der Waals surface area contributed by atoms with Crippen LogP contribution in [0.2, 0.25) is 0 Å². The third-order valence-corrected chi connectivity index (χ3v) is 5.39. The van der Waals surface area contributed by atoms with Gasteiger partial charge >= 0.3 is 18.4 Å². The number of halogens is 6. The molecule has 35 heavy (non-hydrogen) atoms. The SMILES string of the molecule is O=C(Nc1ccc(C(F)(F)F)cc1)Nc1ccc(-c2ccnc(NCC3CC3)c2)c(C(F)(F)F)c1. The summed E-state index contributed by atoms with van der Waals surface area (Å²) in [4.78, 5) is 16.4. The zero-order valence-corrected chi connectivity index (χ0v) is 18.1. The molecular formula is C24H20F6N4O. The molecule has 2 amide bonds. The molecule has 2 aromatic carbocycles. The Morgan fingerprint density at radius 2 is 1.51 bits per heavy atom. The second-order valence-corrected chi connectivity index (χ2v) is 8.17. The standard InChI is InChI=1S/C24H20F6N4O/c25-23(26,27)16-3-5-17(6-4-16)33-22(35)34-18-7-8-19(20(12-18)24(28,29)30)15-9-10-31-21(11-15)32-13-14-1-2-14/h3-12,14H,1-2,13H2,(H,31,32)(H2,33,34,35). The van der Waals surface area contributed by atoms with Crippen molar-refractivity contribution in [2.24, 2.45) is 5.92 Å². The van der Waals surface area contributed by atoms with E-state index in [0.29, 0.717) is 23.8 Å². The van der Waals surface area contributed by atoms with Crippen molar-refractivity contribution in [1.82, 2.24) is 4.98 Å². The predicted molar refractivity (Wildman–Crippen MR) is 120 cm³/mol. The fourth-order valence-corrected chi connectivity index (χ4v) is 3.41. The van der Waals surface area contributed by atoms with E-state index in [1.165, 1.54) is 30.5 Å². The summed E-state index contributed by atoms with van der Waals surface area (Å²) in [6.45, 7) is 0.708. The monoisotopic (exact) mass is 494 g/mol. The molecule has 0 spiro atoms. The minimum absolute atomic E-state index is 0.0474. The van der Waals surface area contributed by atoms with E-state index in [-0.39, 0.29) is 16.9 Å². The van der Waals surface area contributed by atoms with Crippen LogP contribution in [0.3, 0.4) is 0 Å². The lowest BCUT2D eigenvalue weighted by molar-refractivity contribution is -0.138. The number of amides is 2. The molecule has 3 N–H and O–H groups in total. The van der Waals surface area contributed by atoms with Crippen LogP contribution in [0.25, 0.3) is 11.1 Å². The first kappa shape index (κ1) is 24.4. The number of hydrogen-bond donors (Lipinski definition) is 3. The first-order valence-electron chi connectivity index (χ1n) is 10.7. The molecule has 1 saturated carbocycles. The predicted octanol–water partition coefficient (Wildman–Crippen LogP) is 7.25. The molecule has 0 aliphatic heterocycles. The molecule has 1 aromatic heterocycles. The number of alkyl halides is 6. The van der Waals surface area contributed by atoms with Crippen LogP contribution in [0.5, 0.6) is 0 Å². The normalized spacial score (nSPS) is 13.9. The zero-order valence-electron chi connectivity index (χ0n) is 18.1. The number of aromatic nitrogens is 1. The Morgan fingerprint density at radius 1 is 0.857 bits per heavy atom. The molecule has 1 aliphatic rings. The van der Waals surface area contributed by atoms with E-state index in [0.717, 1.165) is 43.2 Å². The Bertz CT molecular complexity index is 1200. The molecular weight excluding hydrogens is 474 g/mol. The van der Waals surface area contributed by atoms with E-state index in [1.54, 1.807) is 0 Å². The van der Waals surface area contributed by atoms with Gasteiger partial charge < -0.3 is 16.0 Å². The fourth-order valence-electron chi connectivity index (χ4n) is 3.41. The van der Waals surface area contributed by atoms with Crippen LogP contribution in [0.4, 0.5) is 48.3 Å². The third-order valence-electron chi connectivity index (χ3n) is 5.39. The Morgan fingerprint density at radius 3 is 2.14 bits per heavy atom. The lowest BCUT2D eigenvalue weighted by atomic mass is 9.99. The highest BCUT2D eigenvalue weighted by Crippen LogP contribution is 2.39. The quantitative estimate of drug-likeness (QED) is 0.316. The molecule has 0 radical (unpaired) electrons. The van der Waals surface area contributed by atoms with Crippen LogP contribution >= 0.6 is 0 Å². The number of nitrogens with zero attached hydrogens (tertiary/aromatic N) is 1. The number of hydrogen-bond acceptors (Lipinski definition) is 3. The van der Waals surface area contributed by atoms with Crippen molar-refractivity contribution < 1.29 is 31.1 Å². The summed E-state index contributed by atoms with van der Waals surface area (Å²) in [5, 5.41) is 7.70. The van der Waals surface area contributed by atoms with E-state index in [4.69, 9.17) is 0 Å². The minimum Gasteiger partial charge on any atom is -0.370 e. The summed E-state index contributed by atoms with van der Waals surface area (Å²) in [6.07, 6.45) is -5.58. The van der Waals surface area contributed by atoms with Crippen molar-refractivity contribution >= 4 is 23.2 Å². The van der Waals surface area contributed by atoms with Crippen molar-refractivity contribution in [1.29, 1.82) is 0 Å². The molecule has 0 bridgehead atoms. The number of rotatable bonds is 6. The molecule has 1 aliphatic carbocycles. The van der Waals surface area contributed by atoms with E-state index < -0.39 is 29.5 Å². The summed E-state index contributed by atoms with van der Waals surface area (Å²) >= 11 is 0. The highest BCUT2D eigenvalue weighted by Gasteiger charge is 2.34. The number of carbonyl (C=O) groups excluding carboxylic acids is 1. The van der Waals surface area contributed by atoms with Gasteiger partial charge in [0.2, 0.25) is 0 Å². The van der Waals surface area contributed by atoms with Gasteiger partial charge in [0.15, 0.2) is 0 Å². The van der Waals surface area contributed by atoms with E-state index >= 15 is 0 Å². The van der Waals surface area contributed by atoms with E-state index in [9.17, 15) is 31.1 Å². The number of anilines is 3. The van der Waals surface area contributed by atoms with Gasteiger partial charge in [0, 0.05) is 24.1 Å². The zero-order chi connectivity index (χ0) is 25.2. The van der Waals surface area contributed by atoms with Gasteiger partial charge in [-0.2, -0.15) is 26.3 Å². The van der Waals surface area contributed by atoms with Gasteiger partial charge in [-0.25, -0.2) is 9.78 Å².